The standard InChI is InChI=1S/C17H18.C4H10/c1-3-14(4-2)16-11-8-12-17(13-16)15-9-6-5-7-10-15;1-3-4-2/h3,5-13H,4H2,1-2H3;3-4H2,1-2H3/b14-3+;. The van der Waals surface area contributed by atoms with E-state index in [2.05, 4.69) is 88.4 Å². The van der Waals surface area contributed by atoms with Crippen LogP contribution in [-0.2, 0) is 0 Å². The molecule has 0 radical (unpaired) electrons. The summed E-state index contributed by atoms with van der Waals surface area (Å²) in [4.78, 5) is 0. The van der Waals surface area contributed by atoms with Crippen LogP contribution in [0.25, 0.3) is 16.7 Å². The third-order valence-electron chi connectivity index (χ3n) is 3.57. The van der Waals surface area contributed by atoms with Crippen molar-refractivity contribution >= 4 is 5.57 Å². The van der Waals surface area contributed by atoms with Crippen molar-refractivity contribution < 1.29 is 0 Å². The number of hydrogen-bond donors (Lipinski definition) is 0. The summed E-state index contributed by atoms with van der Waals surface area (Å²) in [5.41, 5.74) is 5.30. The van der Waals surface area contributed by atoms with Crippen LogP contribution in [0.15, 0.2) is 60.7 Å². The Balaban J connectivity index is 0.000000491. The second-order valence-corrected chi connectivity index (χ2v) is 5.11. The second kappa shape index (κ2) is 9.99. The molecule has 0 heteroatoms. The molecule has 0 aliphatic carbocycles. The van der Waals surface area contributed by atoms with Crippen LogP contribution in [-0.4, -0.2) is 0 Å². The fourth-order valence-electron chi connectivity index (χ4n) is 2.10. The summed E-state index contributed by atoms with van der Waals surface area (Å²) >= 11 is 0. The zero-order valence-electron chi connectivity index (χ0n) is 13.9. The van der Waals surface area contributed by atoms with Crippen molar-refractivity contribution in [1.82, 2.24) is 0 Å². The molecule has 0 atom stereocenters. The van der Waals surface area contributed by atoms with Gasteiger partial charge in [-0.2, -0.15) is 0 Å². The molecule has 0 heterocycles. The van der Waals surface area contributed by atoms with Gasteiger partial charge in [0, 0.05) is 0 Å². The minimum Gasteiger partial charge on any atom is -0.0839 e. The number of rotatable bonds is 4. The monoisotopic (exact) mass is 280 g/mol. The highest BCUT2D eigenvalue weighted by atomic mass is 14.1. The first-order valence-corrected chi connectivity index (χ1v) is 8.07. The number of unbranched alkanes of at least 4 members (excludes halogenated alkanes) is 1. The highest BCUT2D eigenvalue weighted by Crippen LogP contribution is 2.24. The second-order valence-electron chi connectivity index (χ2n) is 5.11. The molecule has 0 saturated carbocycles. The molecule has 0 nitrogen and oxygen atoms in total. The van der Waals surface area contributed by atoms with Crippen LogP contribution in [0.1, 0.15) is 52.5 Å². The molecule has 0 aromatic heterocycles. The van der Waals surface area contributed by atoms with Gasteiger partial charge in [-0.3, -0.25) is 0 Å². The predicted molar refractivity (Wildman–Crippen MR) is 96.4 cm³/mol. The molecule has 0 fully saturated rings. The lowest BCUT2D eigenvalue weighted by Gasteiger charge is -2.07. The molecule has 0 aliphatic rings. The Morgan fingerprint density at radius 1 is 0.810 bits per heavy atom. The van der Waals surface area contributed by atoms with Crippen molar-refractivity contribution in [3.8, 4) is 11.1 Å². The number of benzene rings is 2. The van der Waals surface area contributed by atoms with Crippen molar-refractivity contribution in [2.75, 3.05) is 0 Å². The van der Waals surface area contributed by atoms with Crippen LogP contribution in [0.3, 0.4) is 0 Å². The highest BCUT2D eigenvalue weighted by Gasteiger charge is 2.01. The molecular formula is C21H28. The largest absolute Gasteiger partial charge is 0.0839 e. The minimum atomic E-state index is 1.08. The van der Waals surface area contributed by atoms with E-state index in [-0.39, 0.29) is 0 Å². The smallest absolute Gasteiger partial charge is 0.0178 e. The predicted octanol–water partition coefficient (Wildman–Crippen LogP) is 6.97. The van der Waals surface area contributed by atoms with Gasteiger partial charge >= 0.3 is 0 Å². The summed E-state index contributed by atoms with van der Waals surface area (Å²) in [6.45, 7) is 8.67. The fraction of sp³-hybridized carbons (Fsp3) is 0.333. The Labute approximate surface area is 130 Å². The molecule has 0 saturated heterocycles. The van der Waals surface area contributed by atoms with E-state index >= 15 is 0 Å². The van der Waals surface area contributed by atoms with Crippen molar-refractivity contribution in [2.45, 2.75) is 47.0 Å². The van der Waals surface area contributed by atoms with Gasteiger partial charge in [0.2, 0.25) is 0 Å². The molecule has 112 valence electrons. The minimum absolute atomic E-state index is 1.08. The maximum atomic E-state index is 2.27. The maximum Gasteiger partial charge on any atom is -0.0178 e. The van der Waals surface area contributed by atoms with E-state index in [4.69, 9.17) is 0 Å². The molecule has 0 spiro atoms. The third kappa shape index (κ3) is 5.59. The zero-order valence-corrected chi connectivity index (χ0v) is 13.9. The van der Waals surface area contributed by atoms with E-state index in [0.29, 0.717) is 0 Å². The van der Waals surface area contributed by atoms with Crippen LogP contribution in [0, 0.1) is 0 Å². The van der Waals surface area contributed by atoms with Crippen molar-refractivity contribution in [3.05, 3.63) is 66.2 Å². The van der Waals surface area contributed by atoms with E-state index in [1.807, 2.05) is 0 Å². The summed E-state index contributed by atoms with van der Waals surface area (Å²) in [5.74, 6) is 0. The average Bonchev–Trinajstić information content (AvgIpc) is 2.57. The average molecular weight is 280 g/mol. The van der Waals surface area contributed by atoms with Gasteiger partial charge in [0.25, 0.3) is 0 Å². The highest BCUT2D eigenvalue weighted by molar-refractivity contribution is 5.72. The Bertz CT molecular complexity index is 533. The maximum absolute atomic E-state index is 2.27. The van der Waals surface area contributed by atoms with E-state index < -0.39 is 0 Å². The molecular weight excluding hydrogens is 252 g/mol. The molecule has 0 N–H and O–H groups in total. The normalized spacial score (nSPS) is 10.8. The summed E-state index contributed by atoms with van der Waals surface area (Å²) in [7, 11) is 0. The molecule has 0 aliphatic heterocycles. The lowest BCUT2D eigenvalue weighted by molar-refractivity contribution is 0.886. The van der Waals surface area contributed by atoms with Gasteiger partial charge in [-0.1, -0.05) is 88.2 Å². The van der Waals surface area contributed by atoms with E-state index in [1.165, 1.54) is 35.1 Å². The van der Waals surface area contributed by atoms with Gasteiger partial charge in [0.05, 0.1) is 0 Å². The van der Waals surface area contributed by atoms with Crippen molar-refractivity contribution in [2.24, 2.45) is 0 Å². The van der Waals surface area contributed by atoms with Crippen LogP contribution in [0.4, 0.5) is 0 Å². The van der Waals surface area contributed by atoms with Crippen LogP contribution in [0.5, 0.6) is 0 Å². The van der Waals surface area contributed by atoms with Gasteiger partial charge in [0.1, 0.15) is 0 Å². The molecule has 0 amide bonds. The van der Waals surface area contributed by atoms with Gasteiger partial charge in [-0.25, -0.2) is 0 Å². The first kappa shape index (κ1) is 17.2. The fourth-order valence-corrected chi connectivity index (χ4v) is 2.10. The van der Waals surface area contributed by atoms with E-state index in [9.17, 15) is 0 Å². The first-order chi connectivity index (χ1) is 10.3. The summed E-state index contributed by atoms with van der Waals surface area (Å²) in [6.07, 6.45) is 5.92. The number of hydrogen-bond acceptors (Lipinski definition) is 0. The summed E-state index contributed by atoms with van der Waals surface area (Å²) in [6, 6.07) is 19.3. The molecule has 0 unspecified atom stereocenters. The topological polar surface area (TPSA) is 0 Å². The Morgan fingerprint density at radius 2 is 1.43 bits per heavy atom. The Morgan fingerprint density at radius 3 is 1.95 bits per heavy atom. The Kier molecular flexibility index (Phi) is 8.19. The third-order valence-corrected chi connectivity index (χ3v) is 3.57. The first-order valence-electron chi connectivity index (χ1n) is 8.07. The lowest BCUT2D eigenvalue weighted by Crippen LogP contribution is -1.84. The van der Waals surface area contributed by atoms with Gasteiger partial charge < -0.3 is 0 Å². The molecule has 21 heavy (non-hydrogen) atoms. The van der Waals surface area contributed by atoms with Crippen LogP contribution in [0.2, 0.25) is 0 Å². The van der Waals surface area contributed by atoms with Crippen LogP contribution < -0.4 is 0 Å². The molecule has 2 rings (SSSR count). The quantitative estimate of drug-likeness (QED) is 0.567. The lowest BCUT2D eigenvalue weighted by atomic mass is 9.98. The summed E-state index contributed by atoms with van der Waals surface area (Å²) in [5, 5.41) is 0. The van der Waals surface area contributed by atoms with Crippen molar-refractivity contribution in [1.29, 1.82) is 0 Å². The van der Waals surface area contributed by atoms with Gasteiger partial charge in [-0.05, 0) is 41.7 Å². The van der Waals surface area contributed by atoms with Gasteiger partial charge in [0.15, 0.2) is 0 Å². The van der Waals surface area contributed by atoms with Crippen LogP contribution >= 0.6 is 0 Å². The number of allylic oxidation sites excluding steroid dienone is 2. The molecule has 2 aromatic carbocycles. The van der Waals surface area contributed by atoms with E-state index in [0.717, 1.165) is 6.42 Å². The molecule has 2 aromatic rings. The van der Waals surface area contributed by atoms with E-state index in [1.54, 1.807) is 0 Å². The zero-order chi connectivity index (χ0) is 15.5. The van der Waals surface area contributed by atoms with Gasteiger partial charge in [-0.15, -0.1) is 0 Å². The summed E-state index contributed by atoms with van der Waals surface area (Å²) < 4.78 is 0. The Hall–Kier alpha value is -1.82. The van der Waals surface area contributed by atoms with Crippen molar-refractivity contribution in [3.63, 3.8) is 0 Å². The molecule has 0 bridgehead atoms. The SMILES string of the molecule is C/C=C(\CC)c1cccc(-c2ccccc2)c1.CCCC.